The summed E-state index contributed by atoms with van der Waals surface area (Å²) in [5.74, 6) is 0.602. The standard InChI is InChI=1S/C19H19N3O/c1-3-8-16(9-4-1)14-23-15-18(17-10-5-2-6-11-17)22-19-20-12-7-13-21-19/h1-13,18H,14-15H2,(H,20,21,22). The quantitative estimate of drug-likeness (QED) is 0.720. The number of hydrogen-bond acceptors (Lipinski definition) is 4. The third-order valence-electron chi connectivity index (χ3n) is 3.47. The number of rotatable bonds is 7. The van der Waals surface area contributed by atoms with Gasteiger partial charge in [0.05, 0.1) is 19.3 Å². The van der Waals surface area contributed by atoms with E-state index in [9.17, 15) is 0 Å². The van der Waals surface area contributed by atoms with Gasteiger partial charge in [0.25, 0.3) is 0 Å². The van der Waals surface area contributed by atoms with Gasteiger partial charge in [-0.15, -0.1) is 0 Å². The van der Waals surface area contributed by atoms with Gasteiger partial charge in [-0.05, 0) is 17.2 Å². The molecule has 0 saturated heterocycles. The molecule has 4 nitrogen and oxygen atoms in total. The Bertz CT molecular complexity index is 690. The lowest BCUT2D eigenvalue weighted by molar-refractivity contribution is 0.112. The summed E-state index contributed by atoms with van der Waals surface area (Å²) >= 11 is 0. The van der Waals surface area contributed by atoms with E-state index in [1.165, 1.54) is 0 Å². The van der Waals surface area contributed by atoms with Gasteiger partial charge in [-0.25, -0.2) is 9.97 Å². The van der Waals surface area contributed by atoms with E-state index in [0.717, 1.165) is 11.1 Å². The van der Waals surface area contributed by atoms with Crippen LogP contribution in [0.15, 0.2) is 79.1 Å². The number of aromatic nitrogens is 2. The normalized spacial score (nSPS) is 11.8. The number of benzene rings is 2. The van der Waals surface area contributed by atoms with E-state index in [0.29, 0.717) is 19.2 Å². The fourth-order valence-corrected chi connectivity index (χ4v) is 2.30. The lowest BCUT2D eigenvalue weighted by atomic mass is 10.1. The number of ether oxygens (including phenoxy) is 1. The lowest BCUT2D eigenvalue weighted by Crippen LogP contribution is -2.18. The Morgan fingerprint density at radius 3 is 2.17 bits per heavy atom. The zero-order chi connectivity index (χ0) is 15.7. The predicted molar refractivity (Wildman–Crippen MR) is 90.9 cm³/mol. The highest BCUT2D eigenvalue weighted by Crippen LogP contribution is 2.18. The van der Waals surface area contributed by atoms with Crippen LogP contribution < -0.4 is 5.32 Å². The molecular formula is C19H19N3O. The smallest absolute Gasteiger partial charge is 0.223 e. The Morgan fingerprint density at radius 1 is 0.826 bits per heavy atom. The largest absolute Gasteiger partial charge is 0.374 e. The van der Waals surface area contributed by atoms with E-state index < -0.39 is 0 Å². The van der Waals surface area contributed by atoms with E-state index in [4.69, 9.17) is 4.74 Å². The summed E-state index contributed by atoms with van der Waals surface area (Å²) in [6, 6.07) is 22.2. The number of nitrogens with one attached hydrogen (secondary N) is 1. The third kappa shape index (κ3) is 4.63. The first-order chi connectivity index (χ1) is 11.4. The molecule has 0 aliphatic carbocycles. The monoisotopic (exact) mass is 305 g/mol. The second-order valence-corrected chi connectivity index (χ2v) is 5.18. The molecule has 4 heteroatoms. The zero-order valence-electron chi connectivity index (χ0n) is 12.8. The lowest BCUT2D eigenvalue weighted by Gasteiger charge is -2.19. The maximum Gasteiger partial charge on any atom is 0.223 e. The molecule has 23 heavy (non-hydrogen) atoms. The zero-order valence-corrected chi connectivity index (χ0v) is 12.8. The molecule has 0 saturated carbocycles. The van der Waals surface area contributed by atoms with E-state index in [-0.39, 0.29) is 6.04 Å². The molecule has 0 fully saturated rings. The van der Waals surface area contributed by atoms with Crippen LogP contribution in [-0.2, 0) is 11.3 Å². The fourth-order valence-electron chi connectivity index (χ4n) is 2.30. The molecule has 3 rings (SSSR count). The molecule has 0 amide bonds. The molecular weight excluding hydrogens is 286 g/mol. The van der Waals surface area contributed by atoms with Crippen molar-refractivity contribution in [3.8, 4) is 0 Å². The number of anilines is 1. The van der Waals surface area contributed by atoms with Crippen molar-refractivity contribution in [2.45, 2.75) is 12.6 Å². The van der Waals surface area contributed by atoms with Crippen LogP contribution in [0.1, 0.15) is 17.2 Å². The van der Waals surface area contributed by atoms with Crippen LogP contribution in [0.5, 0.6) is 0 Å². The Balaban J connectivity index is 1.65. The molecule has 1 N–H and O–H groups in total. The first-order valence-electron chi connectivity index (χ1n) is 7.62. The second-order valence-electron chi connectivity index (χ2n) is 5.18. The van der Waals surface area contributed by atoms with Gasteiger partial charge in [0.1, 0.15) is 0 Å². The molecule has 1 heterocycles. The average molecular weight is 305 g/mol. The maximum atomic E-state index is 5.89. The summed E-state index contributed by atoms with van der Waals surface area (Å²) < 4.78 is 5.89. The van der Waals surface area contributed by atoms with Crippen molar-refractivity contribution in [3.63, 3.8) is 0 Å². The molecule has 116 valence electrons. The summed E-state index contributed by atoms with van der Waals surface area (Å²) in [5, 5.41) is 3.33. The number of hydrogen-bond donors (Lipinski definition) is 1. The highest BCUT2D eigenvalue weighted by molar-refractivity contribution is 5.31. The Kier molecular flexibility index (Phi) is 5.32. The summed E-state index contributed by atoms with van der Waals surface area (Å²) in [4.78, 5) is 8.47. The van der Waals surface area contributed by atoms with Crippen molar-refractivity contribution in [1.29, 1.82) is 0 Å². The van der Waals surface area contributed by atoms with Crippen LogP contribution in [0.3, 0.4) is 0 Å². The Hall–Kier alpha value is -2.72. The summed E-state index contributed by atoms with van der Waals surface area (Å²) in [6.45, 7) is 1.12. The molecule has 1 aromatic heterocycles. The molecule has 0 bridgehead atoms. The van der Waals surface area contributed by atoms with Crippen molar-refractivity contribution in [2.24, 2.45) is 0 Å². The third-order valence-corrected chi connectivity index (χ3v) is 3.47. The first kappa shape index (κ1) is 15.2. The van der Waals surface area contributed by atoms with Crippen LogP contribution >= 0.6 is 0 Å². The SMILES string of the molecule is c1ccc(COCC(Nc2ncccn2)c2ccccc2)cc1. The predicted octanol–water partition coefficient (Wildman–Crippen LogP) is 3.85. The molecule has 0 aliphatic rings. The van der Waals surface area contributed by atoms with E-state index in [1.807, 2.05) is 36.4 Å². The van der Waals surface area contributed by atoms with Crippen LogP contribution in [0, 0.1) is 0 Å². The first-order valence-corrected chi connectivity index (χ1v) is 7.62. The Labute approximate surface area is 136 Å². The van der Waals surface area contributed by atoms with Crippen molar-refractivity contribution < 1.29 is 4.74 Å². The Morgan fingerprint density at radius 2 is 1.48 bits per heavy atom. The van der Waals surface area contributed by atoms with Crippen LogP contribution in [0.4, 0.5) is 5.95 Å². The van der Waals surface area contributed by atoms with Crippen LogP contribution in [0.2, 0.25) is 0 Å². The molecule has 0 radical (unpaired) electrons. The highest BCUT2D eigenvalue weighted by Gasteiger charge is 2.12. The summed E-state index contributed by atoms with van der Waals surface area (Å²) in [7, 11) is 0. The minimum absolute atomic E-state index is 0.00214. The second kappa shape index (κ2) is 8.06. The van der Waals surface area contributed by atoms with Crippen molar-refractivity contribution >= 4 is 5.95 Å². The average Bonchev–Trinajstić information content (AvgIpc) is 2.63. The van der Waals surface area contributed by atoms with Gasteiger partial charge in [0.2, 0.25) is 5.95 Å². The molecule has 0 aliphatic heterocycles. The maximum absolute atomic E-state index is 5.89. The fraction of sp³-hybridized carbons (Fsp3) is 0.158. The van der Waals surface area contributed by atoms with Gasteiger partial charge in [0, 0.05) is 12.4 Å². The summed E-state index contributed by atoms with van der Waals surface area (Å²) in [5.41, 5.74) is 2.31. The molecule has 0 spiro atoms. The minimum atomic E-state index is 0.00214. The van der Waals surface area contributed by atoms with Gasteiger partial charge in [-0.2, -0.15) is 0 Å². The molecule has 3 aromatic rings. The van der Waals surface area contributed by atoms with Gasteiger partial charge in [-0.3, -0.25) is 0 Å². The van der Waals surface area contributed by atoms with E-state index in [1.54, 1.807) is 18.5 Å². The summed E-state index contributed by atoms with van der Waals surface area (Å²) in [6.07, 6.45) is 3.45. The highest BCUT2D eigenvalue weighted by atomic mass is 16.5. The van der Waals surface area contributed by atoms with Gasteiger partial charge in [-0.1, -0.05) is 60.7 Å². The minimum Gasteiger partial charge on any atom is -0.374 e. The van der Waals surface area contributed by atoms with Crippen molar-refractivity contribution in [1.82, 2.24) is 9.97 Å². The van der Waals surface area contributed by atoms with Crippen LogP contribution in [0.25, 0.3) is 0 Å². The topological polar surface area (TPSA) is 47.0 Å². The molecule has 1 unspecified atom stereocenters. The molecule has 1 atom stereocenters. The van der Waals surface area contributed by atoms with Crippen LogP contribution in [-0.4, -0.2) is 16.6 Å². The van der Waals surface area contributed by atoms with E-state index in [2.05, 4.69) is 39.6 Å². The number of nitrogens with zero attached hydrogens (tertiary/aromatic N) is 2. The van der Waals surface area contributed by atoms with Gasteiger partial charge < -0.3 is 10.1 Å². The van der Waals surface area contributed by atoms with Crippen molar-refractivity contribution in [3.05, 3.63) is 90.3 Å². The van der Waals surface area contributed by atoms with Gasteiger partial charge in [0.15, 0.2) is 0 Å². The van der Waals surface area contributed by atoms with E-state index >= 15 is 0 Å². The molecule has 2 aromatic carbocycles. The van der Waals surface area contributed by atoms with Gasteiger partial charge >= 0.3 is 0 Å². The van der Waals surface area contributed by atoms with Crippen molar-refractivity contribution in [2.75, 3.05) is 11.9 Å².